The topological polar surface area (TPSA) is 0 Å². The van der Waals surface area contributed by atoms with Crippen LogP contribution in [0.3, 0.4) is 0 Å². The molecule has 0 aliphatic rings. The second-order valence-corrected chi connectivity index (χ2v) is 0. The average Bonchev–Trinajstić information content (AvgIpc) is 1.81. The van der Waals surface area contributed by atoms with E-state index in [1.165, 1.54) is 7.40 Å². The van der Waals surface area contributed by atoms with Crippen molar-refractivity contribution in [3.05, 3.63) is 14.4 Å². The largest absolute Gasteiger partial charge is 0.358 e. The van der Waals surface area contributed by atoms with Crippen LogP contribution >= 0.6 is 0 Å². The van der Waals surface area contributed by atoms with Gasteiger partial charge in [-0.1, -0.05) is 21.3 Å². The van der Waals surface area contributed by atoms with Gasteiger partial charge in [0.2, 0.25) is 0 Å². The maximum atomic E-state index is 5.75. The molecule has 0 heterocycles. The van der Waals surface area contributed by atoms with Gasteiger partial charge in [-0.3, -0.25) is 0 Å². The molecule has 0 rings (SSSR count). The molecule has 0 unspecified atom stereocenters. The van der Waals surface area contributed by atoms with Crippen LogP contribution in [0.1, 0.15) is 29.5 Å². The van der Waals surface area contributed by atoms with E-state index in [1.54, 1.807) is 6.92 Å². The maximum absolute atomic E-state index is 5.75. The van der Waals surface area contributed by atoms with Gasteiger partial charge in [-0.2, -0.15) is 6.92 Å². The van der Waals surface area contributed by atoms with Crippen LogP contribution in [0.5, 0.6) is 0 Å². The summed E-state index contributed by atoms with van der Waals surface area (Å²) < 4.78 is 5.75. The first-order chi connectivity index (χ1) is 3.00. The van der Waals surface area contributed by atoms with Gasteiger partial charge < -0.3 is 14.4 Å². The maximum Gasteiger partial charge on any atom is 0.0194 e. The molecule has 0 aliphatic heterocycles. The fraction of sp³-hybridized carbons (Fsp3) is 0.667. The van der Waals surface area contributed by atoms with E-state index in [4.69, 9.17) is 1.37 Å². The van der Waals surface area contributed by atoms with Crippen LogP contribution in [-0.4, -0.2) is 0 Å². The smallest absolute Gasteiger partial charge is 0.0194 e. The standard InChI is InChI=1S/C2H6.C2H5.CH4.CH3.Y/c2*1-2;;;/h1-2H3;1H2,2H3;1H4;1H3;/q;-1;;-1;/i;;1D;;. The van der Waals surface area contributed by atoms with Gasteiger partial charge in [-0.25, -0.2) is 0 Å². The van der Waals surface area contributed by atoms with Crippen molar-refractivity contribution < 1.29 is 34.1 Å². The van der Waals surface area contributed by atoms with E-state index >= 15 is 0 Å². The molecule has 0 nitrogen and oxygen atoms in total. The summed E-state index contributed by atoms with van der Waals surface area (Å²) in [6.45, 7) is 9.00. The van der Waals surface area contributed by atoms with Gasteiger partial charge in [0.15, 0.2) is 0 Å². The van der Waals surface area contributed by atoms with Crippen molar-refractivity contribution in [2.75, 3.05) is 0 Å². The Labute approximate surface area is 76.4 Å². The van der Waals surface area contributed by atoms with E-state index in [-0.39, 0.29) is 40.1 Å². The van der Waals surface area contributed by atoms with Crippen molar-refractivity contribution in [1.29, 1.82) is 0 Å². The van der Waals surface area contributed by atoms with Gasteiger partial charge in [0.1, 0.15) is 0 Å². The van der Waals surface area contributed by atoms with Gasteiger partial charge in [-0.15, -0.1) is 0 Å². The Hall–Kier alpha value is 1.10. The summed E-state index contributed by atoms with van der Waals surface area (Å²) in [5.74, 6) is 0. The van der Waals surface area contributed by atoms with Gasteiger partial charge >= 0.3 is 0 Å². The molecule has 0 N–H and O–H groups in total. The summed E-state index contributed by atoms with van der Waals surface area (Å²) in [5, 5.41) is 0. The predicted molar refractivity (Wildman–Crippen MR) is 35.5 cm³/mol. The Morgan fingerprint density at radius 2 is 1.29 bits per heavy atom. The van der Waals surface area contributed by atoms with E-state index in [9.17, 15) is 0 Å². The summed E-state index contributed by atoms with van der Waals surface area (Å²) in [5.41, 5.74) is 0. The fourth-order valence-electron chi connectivity index (χ4n) is 0. The Balaban J connectivity index is -0.00000000500. The molecule has 0 aromatic heterocycles. The molecule has 0 spiro atoms. The van der Waals surface area contributed by atoms with Crippen molar-refractivity contribution in [2.24, 2.45) is 0 Å². The Kier molecular flexibility index (Phi) is 753. The second kappa shape index (κ2) is 217. The zero-order valence-corrected chi connectivity index (χ0v) is 9.12. The van der Waals surface area contributed by atoms with Crippen molar-refractivity contribution in [3.63, 3.8) is 0 Å². The zero-order chi connectivity index (χ0) is 6.00. The molecule has 0 saturated heterocycles. The minimum atomic E-state index is 0. The van der Waals surface area contributed by atoms with E-state index in [0.717, 1.165) is 0 Å². The monoisotopic (exact) mass is 180 g/mol. The zero-order valence-electron chi connectivity index (χ0n) is 7.28. The number of hydrogen-bond acceptors (Lipinski definition) is 0. The van der Waals surface area contributed by atoms with Crippen LogP contribution < -0.4 is 0 Å². The molecule has 7 heavy (non-hydrogen) atoms. The van der Waals surface area contributed by atoms with Crippen molar-refractivity contribution in [2.45, 2.75) is 28.2 Å². The summed E-state index contributed by atoms with van der Waals surface area (Å²) in [7, 11) is 1.25. The van der Waals surface area contributed by atoms with Crippen LogP contribution in [0.2, 0.25) is 0 Å². The summed E-state index contributed by atoms with van der Waals surface area (Å²) >= 11 is 0. The molecule has 0 aromatic rings. The van der Waals surface area contributed by atoms with Crippen LogP contribution in [0, 0.1) is 14.4 Å². The van der Waals surface area contributed by atoms with Crippen molar-refractivity contribution in [1.82, 2.24) is 0 Å². The first-order valence-corrected chi connectivity index (χ1v) is 1.71. The molecule has 47 valence electrons. The first kappa shape index (κ1) is 24.3. The predicted octanol–water partition coefficient (Wildman–Crippen LogP) is 2.95. The average molecular weight is 180 g/mol. The second-order valence-electron chi connectivity index (χ2n) is 0. The first-order valence-electron chi connectivity index (χ1n) is 2.71. The molecular weight excluding hydrogens is 161 g/mol. The van der Waals surface area contributed by atoms with Crippen molar-refractivity contribution >= 4 is 0 Å². The third-order valence-electron chi connectivity index (χ3n) is 0. The molecule has 0 saturated carbocycles. The van der Waals surface area contributed by atoms with Crippen LogP contribution in [0.4, 0.5) is 0 Å². The van der Waals surface area contributed by atoms with Gasteiger partial charge in [0, 0.05) is 34.1 Å². The van der Waals surface area contributed by atoms with E-state index in [2.05, 4.69) is 6.92 Å². The van der Waals surface area contributed by atoms with Crippen LogP contribution in [0.25, 0.3) is 0 Å². The molecule has 1 heteroatoms. The van der Waals surface area contributed by atoms with Crippen LogP contribution in [-0.2, 0) is 32.7 Å². The Bertz CT molecular complexity index is 8.49. The molecule has 0 aromatic carbocycles. The third-order valence-corrected chi connectivity index (χ3v) is 0. The SMILES string of the molecule is CC.[2H]C.[CH2-]C.[CH3-].[Y]. The molecule has 0 amide bonds. The normalized spacial score (nSPS) is 2.71. The van der Waals surface area contributed by atoms with E-state index < -0.39 is 0 Å². The summed E-state index contributed by atoms with van der Waals surface area (Å²) in [6, 6.07) is 0. The summed E-state index contributed by atoms with van der Waals surface area (Å²) in [4.78, 5) is 0. The molecular formula is C6H18Y-2. The molecule has 0 fully saturated rings. The number of hydrogen-bond donors (Lipinski definition) is 0. The third kappa shape index (κ3) is 152. The van der Waals surface area contributed by atoms with Gasteiger partial charge in [0.25, 0.3) is 0 Å². The quantitative estimate of drug-likeness (QED) is 0.503. The molecule has 1 radical (unpaired) electrons. The van der Waals surface area contributed by atoms with Crippen LogP contribution in [0.15, 0.2) is 0 Å². The minimum absolute atomic E-state index is 0. The summed E-state index contributed by atoms with van der Waals surface area (Å²) in [6.07, 6.45) is 0. The van der Waals surface area contributed by atoms with Gasteiger partial charge in [-0.05, 0) is 0 Å². The Morgan fingerprint density at radius 3 is 1.29 bits per heavy atom. The molecule has 0 atom stereocenters. The molecule has 0 aliphatic carbocycles. The fourth-order valence-corrected chi connectivity index (χ4v) is 0. The van der Waals surface area contributed by atoms with E-state index in [1.807, 2.05) is 13.8 Å². The molecule has 0 bridgehead atoms. The van der Waals surface area contributed by atoms with Crippen molar-refractivity contribution in [3.8, 4) is 0 Å². The van der Waals surface area contributed by atoms with E-state index in [0.29, 0.717) is 0 Å². The minimum Gasteiger partial charge on any atom is -0.358 e. The van der Waals surface area contributed by atoms with Gasteiger partial charge in [0.05, 0.1) is 0 Å². The number of rotatable bonds is 0. The Morgan fingerprint density at radius 1 is 1.29 bits per heavy atom.